The number of benzene rings is 1. The van der Waals surface area contributed by atoms with Crippen LogP contribution in [0.5, 0.6) is 5.75 Å². The molecule has 3 N–H and O–H groups in total. The number of phenolic OH excluding ortho intramolecular Hbond substituents is 1. The van der Waals surface area contributed by atoms with Gasteiger partial charge in [0, 0.05) is 25.0 Å². The molecule has 1 aromatic carbocycles. The molecule has 1 aliphatic rings. The first kappa shape index (κ1) is 11.4. The lowest BCUT2D eigenvalue weighted by molar-refractivity contribution is 0.0505. The van der Waals surface area contributed by atoms with Crippen molar-refractivity contribution in [1.29, 1.82) is 0 Å². The lowest BCUT2D eigenvalue weighted by Gasteiger charge is -2.42. The van der Waals surface area contributed by atoms with Crippen LogP contribution in [0.4, 0.5) is 0 Å². The van der Waals surface area contributed by atoms with Gasteiger partial charge in [0.1, 0.15) is 5.75 Å². The van der Waals surface area contributed by atoms with Crippen molar-refractivity contribution < 1.29 is 9.84 Å². The Kier molecular flexibility index (Phi) is 2.68. The number of hydrogen-bond donors (Lipinski definition) is 2. The molecular formula is C13H19NO2. The largest absolute Gasteiger partial charge is 0.508 e. The molecule has 0 saturated heterocycles. The smallest absolute Gasteiger partial charge is 0.115 e. The van der Waals surface area contributed by atoms with E-state index >= 15 is 0 Å². The summed E-state index contributed by atoms with van der Waals surface area (Å²) in [7, 11) is 1.70. The Morgan fingerprint density at radius 2 is 2.12 bits per heavy atom. The molecule has 0 aliphatic heterocycles. The highest BCUT2D eigenvalue weighted by Gasteiger charge is 2.40. The number of phenols is 1. The van der Waals surface area contributed by atoms with E-state index in [4.69, 9.17) is 10.5 Å². The van der Waals surface area contributed by atoms with E-state index in [0.29, 0.717) is 5.75 Å². The molecule has 3 nitrogen and oxygen atoms in total. The molecular weight excluding hydrogens is 202 g/mol. The van der Waals surface area contributed by atoms with Crippen molar-refractivity contribution >= 4 is 0 Å². The van der Waals surface area contributed by atoms with Crippen LogP contribution >= 0.6 is 0 Å². The molecule has 1 aromatic rings. The highest BCUT2D eigenvalue weighted by atomic mass is 16.5. The standard InChI is InChI=1S/C13H19NO2/c1-13(2)10-7-9(15)5-4-8(10)6-11(16-3)12(13)14/h4-5,7,11-12,15H,6,14H2,1-3H3/t11-,12+/m1/s1. The third-order valence-electron chi connectivity index (χ3n) is 3.75. The van der Waals surface area contributed by atoms with Crippen LogP contribution in [0.2, 0.25) is 0 Å². The molecule has 1 aliphatic carbocycles. The van der Waals surface area contributed by atoms with Crippen molar-refractivity contribution in [1.82, 2.24) is 0 Å². The summed E-state index contributed by atoms with van der Waals surface area (Å²) in [5, 5.41) is 9.56. The number of methoxy groups -OCH3 is 1. The van der Waals surface area contributed by atoms with Gasteiger partial charge in [-0.05, 0) is 23.3 Å². The van der Waals surface area contributed by atoms with Crippen molar-refractivity contribution in [3.05, 3.63) is 29.3 Å². The minimum atomic E-state index is -0.174. The number of nitrogens with two attached hydrogens (primary N) is 1. The number of aromatic hydroxyl groups is 1. The van der Waals surface area contributed by atoms with Crippen LogP contribution in [0.1, 0.15) is 25.0 Å². The van der Waals surface area contributed by atoms with Gasteiger partial charge in [0.2, 0.25) is 0 Å². The van der Waals surface area contributed by atoms with Gasteiger partial charge in [-0.25, -0.2) is 0 Å². The molecule has 2 rings (SSSR count). The van der Waals surface area contributed by atoms with Gasteiger partial charge in [-0.1, -0.05) is 19.9 Å². The fourth-order valence-electron chi connectivity index (χ4n) is 2.56. The Labute approximate surface area is 96.2 Å². The Bertz CT molecular complexity index is 401. The third kappa shape index (κ3) is 1.60. The topological polar surface area (TPSA) is 55.5 Å². The predicted molar refractivity (Wildman–Crippen MR) is 63.6 cm³/mol. The molecule has 3 heteroatoms. The van der Waals surface area contributed by atoms with Crippen molar-refractivity contribution in [3.8, 4) is 5.75 Å². The monoisotopic (exact) mass is 221 g/mol. The summed E-state index contributed by atoms with van der Waals surface area (Å²) in [5.74, 6) is 0.301. The molecule has 88 valence electrons. The highest BCUT2D eigenvalue weighted by Crippen LogP contribution is 2.38. The maximum Gasteiger partial charge on any atom is 0.115 e. The summed E-state index contributed by atoms with van der Waals surface area (Å²) in [6, 6.07) is 5.45. The lowest BCUT2D eigenvalue weighted by Crippen LogP contribution is -2.54. The van der Waals surface area contributed by atoms with Crippen molar-refractivity contribution in [2.75, 3.05) is 7.11 Å². The molecule has 0 amide bonds. The zero-order valence-electron chi connectivity index (χ0n) is 10.0. The zero-order chi connectivity index (χ0) is 11.9. The van der Waals surface area contributed by atoms with Gasteiger partial charge in [0.05, 0.1) is 6.10 Å². The van der Waals surface area contributed by atoms with Gasteiger partial charge < -0.3 is 15.6 Å². The highest BCUT2D eigenvalue weighted by molar-refractivity contribution is 5.43. The van der Waals surface area contributed by atoms with Crippen LogP contribution in [0.15, 0.2) is 18.2 Å². The Morgan fingerprint density at radius 1 is 1.44 bits per heavy atom. The molecule has 2 atom stereocenters. The normalized spacial score (nSPS) is 27.5. The number of fused-ring (bicyclic) bond motifs is 1. The quantitative estimate of drug-likeness (QED) is 0.756. The zero-order valence-corrected chi connectivity index (χ0v) is 10.0. The first-order chi connectivity index (χ1) is 7.46. The van der Waals surface area contributed by atoms with Crippen LogP contribution in [0.25, 0.3) is 0 Å². The van der Waals surface area contributed by atoms with E-state index < -0.39 is 0 Å². The van der Waals surface area contributed by atoms with Crippen LogP contribution < -0.4 is 5.73 Å². The van der Waals surface area contributed by atoms with E-state index in [9.17, 15) is 5.11 Å². The molecule has 0 unspecified atom stereocenters. The molecule has 0 aromatic heterocycles. The Hall–Kier alpha value is -1.06. The van der Waals surface area contributed by atoms with Crippen LogP contribution in [-0.2, 0) is 16.6 Å². The minimum Gasteiger partial charge on any atom is -0.508 e. The second kappa shape index (κ2) is 3.75. The van der Waals surface area contributed by atoms with Gasteiger partial charge in [-0.3, -0.25) is 0 Å². The summed E-state index contributed by atoms with van der Waals surface area (Å²) in [6.45, 7) is 4.20. The van der Waals surface area contributed by atoms with Crippen LogP contribution in [0.3, 0.4) is 0 Å². The van der Waals surface area contributed by atoms with Gasteiger partial charge in [0.15, 0.2) is 0 Å². The molecule has 0 saturated carbocycles. The SMILES string of the molecule is CO[C@@H]1Cc2ccc(O)cc2C(C)(C)[C@H]1N. The molecule has 0 bridgehead atoms. The second-order valence-corrected chi connectivity index (χ2v) is 5.07. The van der Waals surface area contributed by atoms with Gasteiger partial charge in [-0.2, -0.15) is 0 Å². The second-order valence-electron chi connectivity index (χ2n) is 5.07. The Morgan fingerprint density at radius 3 is 2.75 bits per heavy atom. The van der Waals surface area contributed by atoms with Crippen LogP contribution in [0, 0.1) is 0 Å². The first-order valence-corrected chi connectivity index (χ1v) is 5.57. The molecule has 0 fully saturated rings. The lowest BCUT2D eigenvalue weighted by atomic mass is 9.68. The van der Waals surface area contributed by atoms with E-state index in [0.717, 1.165) is 12.0 Å². The molecule has 0 heterocycles. The number of ether oxygens (including phenoxy) is 1. The number of rotatable bonds is 1. The molecule has 0 spiro atoms. The van der Waals surface area contributed by atoms with Gasteiger partial charge in [0.25, 0.3) is 0 Å². The van der Waals surface area contributed by atoms with E-state index in [1.54, 1.807) is 13.2 Å². The molecule has 0 radical (unpaired) electrons. The summed E-state index contributed by atoms with van der Waals surface area (Å²) >= 11 is 0. The van der Waals surface area contributed by atoms with E-state index in [1.807, 2.05) is 12.1 Å². The van der Waals surface area contributed by atoms with Gasteiger partial charge >= 0.3 is 0 Å². The first-order valence-electron chi connectivity index (χ1n) is 5.57. The summed E-state index contributed by atoms with van der Waals surface area (Å²) in [4.78, 5) is 0. The Balaban J connectivity index is 2.52. The van der Waals surface area contributed by atoms with Crippen LogP contribution in [-0.4, -0.2) is 24.4 Å². The van der Waals surface area contributed by atoms with E-state index in [-0.39, 0.29) is 17.6 Å². The average molecular weight is 221 g/mol. The van der Waals surface area contributed by atoms with E-state index in [1.165, 1.54) is 5.56 Å². The predicted octanol–water partition coefficient (Wildman–Crippen LogP) is 1.57. The average Bonchev–Trinajstić information content (AvgIpc) is 2.25. The number of hydrogen-bond acceptors (Lipinski definition) is 3. The van der Waals surface area contributed by atoms with Crippen molar-refractivity contribution in [3.63, 3.8) is 0 Å². The van der Waals surface area contributed by atoms with Crippen molar-refractivity contribution in [2.45, 2.75) is 37.8 Å². The maximum atomic E-state index is 9.56. The fourth-order valence-corrected chi connectivity index (χ4v) is 2.56. The maximum absolute atomic E-state index is 9.56. The minimum absolute atomic E-state index is 0.0482. The summed E-state index contributed by atoms with van der Waals surface area (Å²) in [5.41, 5.74) is 8.40. The third-order valence-corrected chi connectivity index (χ3v) is 3.75. The molecule has 16 heavy (non-hydrogen) atoms. The van der Waals surface area contributed by atoms with E-state index in [2.05, 4.69) is 13.8 Å². The van der Waals surface area contributed by atoms with Gasteiger partial charge in [-0.15, -0.1) is 0 Å². The summed E-state index contributed by atoms with van der Waals surface area (Å²) in [6.07, 6.45) is 0.864. The summed E-state index contributed by atoms with van der Waals surface area (Å²) < 4.78 is 5.44. The van der Waals surface area contributed by atoms with Crippen molar-refractivity contribution in [2.24, 2.45) is 5.73 Å². The fraction of sp³-hybridized carbons (Fsp3) is 0.538.